The third kappa shape index (κ3) is 3.46. The van der Waals surface area contributed by atoms with Gasteiger partial charge in [-0.3, -0.25) is 4.79 Å². The first-order chi connectivity index (χ1) is 13.2. The fourth-order valence-electron chi connectivity index (χ4n) is 3.28. The number of unbranched alkanes of at least 4 members (excludes halogenated alkanes) is 1. The Labute approximate surface area is 157 Å². The van der Waals surface area contributed by atoms with Crippen LogP contribution in [0, 0.1) is 0 Å². The van der Waals surface area contributed by atoms with Gasteiger partial charge in [-0.15, -0.1) is 0 Å². The lowest BCUT2D eigenvalue weighted by molar-refractivity contribution is 0.0953. The predicted octanol–water partition coefficient (Wildman–Crippen LogP) is 3.38. The van der Waals surface area contributed by atoms with E-state index >= 15 is 0 Å². The molecular weight excluding hydrogens is 338 g/mol. The van der Waals surface area contributed by atoms with Crippen LogP contribution in [0.1, 0.15) is 23.2 Å². The number of fused-ring (bicyclic) bond motifs is 3. The first-order valence-electron chi connectivity index (χ1n) is 9.06. The third-order valence-electron chi connectivity index (χ3n) is 4.63. The zero-order chi connectivity index (χ0) is 18.6. The Morgan fingerprint density at radius 2 is 1.81 bits per heavy atom. The first-order valence-corrected chi connectivity index (χ1v) is 9.06. The van der Waals surface area contributed by atoms with E-state index < -0.39 is 0 Å². The van der Waals surface area contributed by atoms with Gasteiger partial charge in [0.1, 0.15) is 5.52 Å². The number of nitrogens with one attached hydrogen (secondary N) is 1. The summed E-state index contributed by atoms with van der Waals surface area (Å²) < 4.78 is 2.12. The Kier molecular flexibility index (Phi) is 4.70. The zero-order valence-electron chi connectivity index (χ0n) is 14.9. The van der Waals surface area contributed by atoms with Crippen LogP contribution >= 0.6 is 0 Å². The molecule has 136 valence electrons. The van der Waals surface area contributed by atoms with Crippen molar-refractivity contribution in [3.63, 3.8) is 0 Å². The summed E-state index contributed by atoms with van der Waals surface area (Å²) in [7, 11) is 0. The minimum absolute atomic E-state index is 0.0338. The van der Waals surface area contributed by atoms with E-state index in [2.05, 4.69) is 19.9 Å². The maximum atomic E-state index is 12.0. The van der Waals surface area contributed by atoms with Crippen molar-refractivity contribution in [1.82, 2.24) is 19.9 Å². The molecule has 0 aliphatic rings. The van der Waals surface area contributed by atoms with Gasteiger partial charge in [-0.2, -0.15) is 0 Å². The van der Waals surface area contributed by atoms with Crippen LogP contribution < -0.4 is 11.1 Å². The van der Waals surface area contributed by atoms with Gasteiger partial charge in [-0.1, -0.05) is 36.4 Å². The van der Waals surface area contributed by atoms with Crippen molar-refractivity contribution in [2.24, 2.45) is 0 Å². The van der Waals surface area contributed by atoms with Crippen LogP contribution in [0.15, 0.2) is 60.9 Å². The van der Waals surface area contributed by atoms with Crippen molar-refractivity contribution in [1.29, 1.82) is 0 Å². The number of benzene rings is 2. The minimum atomic E-state index is -0.0338. The van der Waals surface area contributed by atoms with Gasteiger partial charge in [-0.25, -0.2) is 9.97 Å². The van der Waals surface area contributed by atoms with E-state index in [4.69, 9.17) is 5.73 Å². The van der Waals surface area contributed by atoms with Crippen molar-refractivity contribution in [3.05, 3.63) is 66.5 Å². The lowest BCUT2D eigenvalue weighted by atomic mass is 10.2. The summed E-state index contributed by atoms with van der Waals surface area (Å²) in [5, 5.41) is 4.01. The highest BCUT2D eigenvalue weighted by Gasteiger charge is 2.11. The minimum Gasteiger partial charge on any atom is -0.382 e. The molecule has 2 heterocycles. The highest BCUT2D eigenvalue weighted by atomic mass is 16.1. The number of nitrogens with zero attached hydrogens (tertiary/aromatic N) is 3. The van der Waals surface area contributed by atoms with Gasteiger partial charge >= 0.3 is 0 Å². The number of carbonyl (C=O) groups is 1. The molecule has 0 bridgehead atoms. The molecule has 3 N–H and O–H groups in total. The molecule has 0 fully saturated rings. The fourth-order valence-corrected chi connectivity index (χ4v) is 3.28. The average Bonchev–Trinajstić information content (AvgIpc) is 3.13. The molecule has 0 radical (unpaired) electrons. The van der Waals surface area contributed by atoms with Crippen LogP contribution in [0.5, 0.6) is 0 Å². The molecule has 6 nitrogen and oxygen atoms in total. The lowest BCUT2D eigenvalue weighted by Crippen LogP contribution is -2.24. The maximum absolute atomic E-state index is 12.0. The zero-order valence-corrected chi connectivity index (χ0v) is 14.9. The molecule has 6 heteroatoms. The molecule has 1 amide bonds. The molecule has 0 saturated carbocycles. The van der Waals surface area contributed by atoms with Crippen LogP contribution in [-0.4, -0.2) is 27.0 Å². The Hall–Kier alpha value is -3.41. The van der Waals surface area contributed by atoms with Crippen molar-refractivity contribution in [2.75, 3.05) is 12.3 Å². The number of nitrogen functional groups attached to an aromatic ring is 1. The average molecular weight is 359 g/mol. The monoisotopic (exact) mass is 359 g/mol. The van der Waals surface area contributed by atoms with E-state index in [-0.39, 0.29) is 5.91 Å². The summed E-state index contributed by atoms with van der Waals surface area (Å²) in [5.41, 5.74) is 9.39. The van der Waals surface area contributed by atoms with Gasteiger partial charge in [0.15, 0.2) is 5.82 Å². The third-order valence-corrected chi connectivity index (χ3v) is 4.63. The number of hydrogen-bond donors (Lipinski definition) is 2. The molecule has 0 aliphatic heterocycles. The molecule has 0 spiro atoms. The predicted molar refractivity (Wildman–Crippen MR) is 107 cm³/mol. The van der Waals surface area contributed by atoms with Crippen LogP contribution in [-0.2, 0) is 6.54 Å². The molecule has 0 atom stereocenters. The van der Waals surface area contributed by atoms with Crippen LogP contribution in [0.4, 0.5) is 5.82 Å². The molecule has 4 aromatic rings. The second kappa shape index (κ2) is 7.45. The second-order valence-corrected chi connectivity index (χ2v) is 6.48. The largest absolute Gasteiger partial charge is 0.382 e. The quantitative estimate of drug-likeness (QED) is 0.517. The van der Waals surface area contributed by atoms with E-state index in [1.165, 1.54) is 0 Å². The number of imidazole rings is 1. The summed E-state index contributed by atoms with van der Waals surface area (Å²) in [6.45, 7) is 1.45. The first kappa shape index (κ1) is 17.0. The number of para-hydroxylation sites is 1. The van der Waals surface area contributed by atoms with E-state index in [0.717, 1.165) is 41.3 Å². The summed E-state index contributed by atoms with van der Waals surface area (Å²) >= 11 is 0. The van der Waals surface area contributed by atoms with Crippen molar-refractivity contribution >= 4 is 33.7 Å². The number of nitrogens with two attached hydrogens (primary N) is 1. The number of pyridine rings is 1. The molecule has 0 saturated heterocycles. The van der Waals surface area contributed by atoms with Gasteiger partial charge in [0.05, 0.1) is 17.4 Å². The van der Waals surface area contributed by atoms with Gasteiger partial charge in [0.25, 0.3) is 5.91 Å². The van der Waals surface area contributed by atoms with Gasteiger partial charge in [0, 0.05) is 24.0 Å². The van der Waals surface area contributed by atoms with Crippen molar-refractivity contribution < 1.29 is 4.79 Å². The summed E-state index contributed by atoms with van der Waals surface area (Å²) in [5.74, 6) is 0.422. The van der Waals surface area contributed by atoms with Gasteiger partial charge < -0.3 is 15.6 Å². The molecular formula is C21H21N5O. The summed E-state index contributed by atoms with van der Waals surface area (Å²) in [4.78, 5) is 20.9. The topological polar surface area (TPSA) is 85.8 Å². The number of aromatic nitrogens is 3. The molecule has 2 aromatic carbocycles. The van der Waals surface area contributed by atoms with Crippen LogP contribution in [0.25, 0.3) is 21.9 Å². The highest BCUT2D eigenvalue weighted by molar-refractivity contribution is 6.06. The van der Waals surface area contributed by atoms with Gasteiger partial charge in [0.2, 0.25) is 0 Å². The standard InChI is InChI=1S/C21H21N5O/c22-20-18-19(16-10-4-5-11-17(16)25-20)26(14-24-18)13-7-6-12-23-21(27)15-8-2-1-3-9-15/h1-5,8-11,14H,6-7,12-13H2,(H2,22,25)(H,23,27). The summed E-state index contributed by atoms with van der Waals surface area (Å²) in [6, 6.07) is 17.2. The van der Waals surface area contributed by atoms with Crippen molar-refractivity contribution in [2.45, 2.75) is 19.4 Å². The second-order valence-electron chi connectivity index (χ2n) is 6.48. The number of hydrogen-bond acceptors (Lipinski definition) is 4. The maximum Gasteiger partial charge on any atom is 0.251 e. The van der Waals surface area contributed by atoms with Gasteiger partial charge in [-0.05, 0) is 31.0 Å². The number of carbonyl (C=O) groups excluding carboxylic acids is 1. The van der Waals surface area contributed by atoms with E-state index in [1.54, 1.807) is 0 Å². The van der Waals surface area contributed by atoms with E-state index in [1.807, 2.05) is 60.9 Å². The lowest BCUT2D eigenvalue weighted by Gasteiger charge is -2.08. The molecule has 2 aromatic heterocycles. The highest BCUT2D eigenvalue weighted by Crippen LogP contribution is 2.27. The van der Waals surface area contributed by atoms with Crippen LogP contribution in [0.3, 0.4) is 0 Å². The molecule has 4 rings (SSSR count). The Bertz CT molecular complexity index is 1090. The van der Waals surface area contributed by atoms with E-state index in [0.29, 0.717) is 17.9 Å². The molecule has 27 heavy (non-hydrogen) atoms. The number of rotatable bonds is 6. The van der Waals surface area contributed by atoms with E-state index in [9.17, 15) is 4.79 Å². The Balaban J connectivity index is 1.40. The Morgan fingerprint density at radius 1 is 1.04 bits per heavy atom. The van der Waals surface area contributed by atoms with Crippen LogP contribution in [0.2, 0.25) is 0 Å². The van der Waals surface area contributed by atoms with Crippen molar-refractivity contribution in [3.8, 4) is 0 Å². The summed E-state index contributed by atoms with van der Waals surface area (Å²) in [6.07, 6.45) is 3.63. The SMILES string of the molecule is Nc1nc2ccccc2c2c1ncn2CCCCNC(=O)c1ccccc1. The number of anilines is 1. The fraction of sp³-hybridized carbons (Fsp3) is 0.190. The number of amides is 1. The molecule has 0 unspecified atom stereocenters. The smallest absolute Gasteiger partial charge is 0.251 e. The molecule has 0 aliphatic carbocycles. The number of aryl methyl sites for hydroxylation is 1. The normalized spacial score (nSPS) is 11.1. The Morgan fingerprint density at radius 3 is 2.67 bits per heavy atom.